The molecule has 1 fully saturated rings. The predicted octanol–water partition coefficient (Wildman–Crippen LogP) is 2.86. The molecular weight excluding hydrogens is 308 g/mol. The summed E-state index contributed by atoms with van der Waals surface area (Å²) in [5.74, 6) is -0.854. The van der Waals surface area contributed by atoms with E-state index >= 15 is 0 Å². The SMILES string of the molecule is O=C(O)CCCCCN1C(=O)/C(=C/c2ccc[nH]2)SC1=S. The second kappa shape index (κ2) is 7.42. The van der Waals surface area contributed by atoms with Crippen molar-refractivity contribution in [2.75, 3.05) is 6.54 Å². The minimum absolute atomic E-state index is 0.0714. The highest BCUT2D eigenvalue weighted by atomic mass is 32.2. The number of amides is 1. The van der Waals surface area contributed by atoms with E-state index in [1.165, 1.54) is 11.8 Å². The predicted molar refractivity (Wildman–Crippen MR) is 86.8 cm³/mol. The number of hydrogen-bond donors (Lipinski definition) is 2. The van der Waals surface area contributed by atoms with Crippen LogP contribution in [-0.4, -0.2) is 37.7 Å². The molecule has 0 aliphatic carbocycles. The highest BCUT2D eigenvalue weighted by Gasteiger charge is 2.31. The zero-order valence-corrected chi connectivity index (χ0v) is 13.0. The molecule has 0 unspecified atom stereocenters. The molecule has 1 aliphatic heterocycles. The van der Waals surface area contributed by atoms with Crippen molar-refractivity contribution in [2.24, 2.45) is 0 Å². The van der Waals surface area contributed by atoms with E-state index in [0.717, 1.165) is 18.5 Å². The van der Waals surface area contributed by atoms with Gasteiger partial charge in [-0.15, -0.1) is 0 Å². The molecule has 2 heterocycles. The molecule has 1 saturated heterocycles. The number of H-pyrrole nitrogens is 1. The molecule has 112 valence electrons. The second-order valence-corrected chi connectivity index (χ2v) is 6.34. The van der Waals surface area contributed by atoms with Gasteiger partial charge in [0.2, 0.25) is 0 Å². The van der Waals surface area contributed by atoms with Gasteiger partial charge in [0.15, 0.2) is 0 Å². The third-order valence-corrected chi connectivity index (χ3v) is 4.43. The van der Waals surface area contributed by atoms with Gasteiger partial charge in [-0.2, -0.15) is 0 Å². The Balaban J connectivity index is 1.86. The number of thioether (sulfide) groups is 1. The Morgan fingerprint density at radius 3 is 2.90 bits per heavy atom. The molecule has 21 heavy (non-hydrogen) atoms. The summed E-state index contributed by atoms with van der Waals surface area (Å²) in [4.78, 5) is 27.9. The number of hydrogen-bond acceptors (Lipinski definition) is 4. The lowest BCUT2D eigenvalue weighted by molar-refractivity contribution is -0.137. The van der Waals surface area contributed by atoms with Gasteiger partial charge in [0.05, 0.1) is 4.91 Å². The lowest BCUT2D eigenvalue weighted by Gasteiger charge is -2.13. The van der Waals surface area contributed by atoms with Crippen LogP contribution >= 0.6 is 24.0 Å². The number of unbranched alkanes of at least 4 members (excludes halogenated alkanes) is 2. The molecule has 1 aromatic rings. The number of carboxylic acids is 1. The fourth-order valence-corrected chi connectivity index (χ4v) is 3.29. The molecule has 0 bridgehead atoms. The fraction of sp³-hybridized carbons (Fsp3) is 0.357. The monoisotopic (exact) mass is 324 g/mol. The number of carbonyl (C=O) groups excluding carboxylic acids is 1. The summed E-state index contributed by atoms with van der Waals surface area (Å²) >= 11 is 6.54. The molecule has 5 nitrogen and oxygen atoms in total. The Bertz CT molecular complexity index is 567. The van der Waals surface area contributed by atoms with Crippen molar-refractivity contribution in [1.82, 2.24) is 9.88 Å². The normalized spacial score (nSPS) is 17.0. The maximum absolute atomic E-state index is 12.3. The first-order chi connectivity index (χ1) is 10.1. The quantitative estimate of drug-likeness (QED) is 0.458. The summed E-state index contributed by atoms with van der Waals surface area (Å²) in [5.41, 5.74) is 0.872. The van der Waals surface area contributed by atoms with Crippen molar-refractivity contribution in [3.8, 4) is 0 Å². The van der Waals surface area contributed by atoms with Crippen LogP contribution < -0.4 is 0 Å². The Labute approximate surface area is 132 Å². The lowest BCUT2D eigenvalue weighted by Crippen LogP contribution is -2.29. The van der Waals surface area contributed by atoms with Gasteiger partial charge in [0.25, 0.3) is 5.91 Å². The molecule has 0 aromatic carbocycles. The number of aromatic nitrogens is 1. The van der Waals surface area contributed by atoms with E-state index in [1.807, 2.05) is 12.1 Å². The van der Waals surface area contributed by atoms with E-state index in [4.69, 9.17) is 17.3 Å². The number of aliphatic carboxylic acids is 1. The van der Waals surface area contributed by atoms with Crippen LogP contribution in [-0.2, 0) is 9.59 Å². The largest absolute Gasteiger partial charge is 0.481 e. The van der Waals surface area contributed by atoms with E-state index in [9.17, 15) is 9.59 Å². The zero-order valence-electron chi connectivity index (χ0n) is 11.4. The fourth-order valence-electron chi connectivity index (χ4n) is 1.99. The van der Waals surface area contributed by atoms with Gasteiger partial charge in [-0.3, -0.25) is 14.5 Å². The van der Waals surface area contributed by atoms with Crippen LogP contribution in [0.15, 0.2) is 23.2 Å². The Hall–Kier alpha value is -1.60. The summed E-state index contributed by atoms with van der Waals surface area (Å²) in [6, 6.07) is 3.76. The standard InChI is InChI=1S/C14H16N2O3S2/c17-12(18)6-2-1-3-8-16-13(19)11(21-14(16)20)9-10-5-4-7-15-10/h4-5,7,9,15H,1-3,6,8H2,(H,17,18)/b11-9-. The van der Waals surface area contributed by atoms with Crippen LogP contribution in [0.5, 0.6) is 0 Å². The zero-order chi connectivity index (χ0) is 15.2. The first-order valence-electron chi connectivity index (χ1n) is 6.68. The Morgan fingerprint density at radius 1 is 1.43 bits per heavy atom. The molecule has 1 aliphatic rings. The molecule has 2 rings (SSSR count). The molecule has 0 saturated carbocycles. The maximum atomic E-state index is 12.3. The van der Waals surface area contributed by atoms with Gasteiger partial charge in [-0.25, -0.2) is 0 Å². The van der Waals surface area contributed by atoms with Gasteiger partial charge in [-0.05, 0) is 31.1 Å². The van der Waals surface area contributed by atoms with Crippen molar-refractivity contribution in [3.05, 3.63) is 28.9 Å². The molecule has 1 amide bonds. The average molecular weight is 324 g/mol. The van der Waals surface area contributed by atoms with Crippen molar-refractivity contribution < 1.29 is 14.7 Å². The summed E-state index contributed by atoms with van der Waals surface area (Å²) in [6.45, 7) is 0.548. The molecular formula is C14H16N2O3S2. The van der Waals surface area contributed by atoms with E-state index < -0.39 is 5.97 Å². The number of rotatable bonds is 7. The number of nitrogens with zero attached hydrogens (tertiary/aromatic N) is 1. The summed E-state index contributed by atoms with van der Waals surface area (Å²) in [7, 11) is 0. The van der Waals surface area contributed by atoms with Crippen molar-refractivity contribution in [1.29, 1.82) is 0 Å². The van der Waals surface area contributed by atoms with E-state index in [1.54, 1.807) is 17.2 Å². The number of carboxylic acid groups (broad SMARTS) is 1. The van der Waals surface area contributed by atoms with Crippen LogP contribution in [0, 0.1) is 0 Å². The molecule has 2 N–H and O–H groups in total. The highest BCUT2D eigenvalue weighted by molar-refractivity contribution is 8.26. The van der Waals surface area contributed by atoms with E-state index in [0.29, 0.717) is 22.2 Å². The van der Waals surface area contributed by atoms with Crippen molar-refractivity contribution in [2.45, 2.75) is 25.7 Å². The summed E-state index contributed by atoms with van der Waals surface area (Å²) < 4.78 is 0.566. The van der Waals surface area contributed by atoms with Gasteiger partial charge < -0.3 is 10.1 Å². The maximum Gasteiger partial charge on any atom is 0.303 e. The first-order valence-corrected chi connectivity index (χ1v) is 7.91. The minimum atomic E-state index is -0.783. The third kappa shape index (κ3) is 4.44. The van der Waals surface area contributed by atoms with Crippen LogP contribution in [0.2, 0.25) is 0 Å². The molecule has 0 spiro atoms. The van der Waals surface area contributed by atoms with Crippen LogP contribution in [0.1, 0.15) is 31.4 Å². The van der Waals surface area contributed by atoms with Crippen LogP contribution in [0.3, 0.4) is 0 Å². The summed E-state index contributed by atoms with van der Waals surface area (Å²) in [6.07, 6.45) is 5.93. The lowest BCUT2D eigenvalue weighted by atomic mass is 10.2. The first kappa shape index (κ1) is 15.8. The Kier molecular flexibility index (Phi) is 5.58. The van der Waals surface area contributed by atoms with E-state index in [-0.39, 0.29) is 12.3 Å². The van der Waals surface area contributed by atoms with Gasteiger partial charge in [0, 0.05) is 24.9 Å². The number of carbonyl (C=O) groups is 2. The minimum Gasteiger partial charge on any atom is -0.481 e. The third-order valence-electron chi connectivity index (χ3n) is 3.05. The average Bonchev–Trinajstić information content (AvgIpc) is 3.01. The second-order valence-electron chi connectivity index (χ2n) is 4.66. The highest BCUT2D eigenvalue weighted by Crippen LogP contribution is 2.32. The molecule has 0 atom stereocenters. The molecule has 7 heteroatoms. The van der Waals surface area contributed by atoms with E-state index in [2.05, 4.69) is 4.98 Å². The van der Waals surface area contributed by atoms with Gasteiger partial charge in [-0.1, -0.05) is 30.4 Å². The number of thiocarbonyl (C=S) groups is 1. The van der Waals surface area contributed by atoms with Crippen LogP contribution in [0.25, 0.3) is 6.08 Å². The molecule has 0 radical (unpaired) electrons. The van der Waals surface area contributed by atoms with Crippen LogP contribution in [0.4, 0.5) is 0 Å². The van der Waals surface area contributed by atoms with Gasteiger partial charge in [0.1, 0.15) is 4.32 Å². The van der Waals surface area contributed by atoms with Crippen molar-refractivity contribution in [3.63, 3.8) is 0 Å². The number of nitrogens with one attached hydrogen (secondary N) is 1. The van der Waals surface area contributed by atoms with Gasteiger partial charge >= 0.3 is 5.97 Å². The topological polar surface area (TPSA) is 73.4 Å². The number of aromatic amines is 1. The smallest absolute Gasteiger partial charge is 0.303 e. The Morgan fingerprint density at radius 2 is 2.24 bits per heavy atom. The summed E-state index contributed by atoms with van der Waals surface area (Å²) in [5, 5.41) is 8.57. The van der Waals surface area contributed by atoms with Crippen molar-refractivity contribution >= 4 is 46.3 Å². The molecule has 1 aromatic heterocycles.